The van der Waals surface area contributed by atoms with Crippen molar-refractivity contribution in [1.82, 2.24) is 15.0 Å². The molecule has 21 heavy (non-hydrogen) atoms. The molecule has 1 aliphatic carbocycles. The van der Waals surface area contributed by atoms with Crippen molar-refractivity contribution >= 4 is 17.8 Å². The summed E-state index contributed by atoms with van der Waals surface area (Å²) in [7, 11) is 1.50. The monoisotopic (exact) mass is 294 g/mol. The highest BCUT2D eigenvalue weighted by molar-refractivity contribution is 5.79. The molecule has 0 bridgehead atoms. The van der Waals surface area contributed by atoms with E-state index in [1.165, 1.54) is 7.11 Å². The molecule has 1 aromatic rings. The van der Waals surface area contributed by atoms with Gasteiger partial charge in [-0.3, -0.25) is 4.79 Å². The first-order chi connectivity index (χ1) is 10.1. The van der Waals surface area contributed by atoms with Gasteiger partial charge in [0.2, 0.25) is 17.8 Å². The zero-order valence-corrected chi connectivity index (χ0v) is 12.5. The van der Waals surface area contributed by atoms with Gasteiger partial charge in [0.25, 0.3) is 0 Å². The highest BCUT2D eigenvalue weighted by Crippen LogP contribution is 2.27. The van der Waals surface area contributed by atoms with Gasteiger partial charge in [-0.15, -0.1) is 0 Å². The van der Waals surface area contributed by atoms with Crippen molar-refractivity contribution < 1.29 is 9.53 Å². The summed E-state index contributed by atoms with van der Waals surface area (Å²) < 4.78 is 5.11. The average molecular weight is 294 g/mol. The Morgan fingerprint density at radius 3 is 2.67 bits per heavy atom. The Labute approximate surface area is 124 Å². The lowest BCUT2D eigenvalue weighted by Crippen LogP contribution is -2.41. The molecular formula is C13H22N6O2. The zero-order valence-electron chi connectivity index (χ0n) is 12.5. The molecule has 2 rings (SSSR count). The maximum Gasteiger partial charge on any atom is 0.322 e. The van der Waals surface area contributed by atoms with E-state index < -0.39 is 5.91 Å². The second-order valence-electron chi connectivity index (χ2n) is 5.01. The fourth-order valence-electron chi connectivity index (χ4n) is 2.55. The smallest absolute Gasteiger partial charge is 0.322 e. The van der Waals surface area contributed by atoms with Crippen LogP contribution in [0.3, 0.4) is 0 Å². The van der Waals surface area contributed by atoms with Crippen LogP contribution in [0, 0.1) is 0 Å². The van der Waals surface area contributed by atoms with Crippen molar-refractivity contribution in [2.75, 3.05) is 30.4 Å². The van der Waals surface area contributed by atoms with Gasteiger partial charge in [-0.05, 0) is 19.8 Å². The standard InChI is InChI=1S/C13H22N6O2/c1-3-15-11-16-12(18-13(17-11)21-2)19(8-10(14)20)9-6-4-5-7-9/h9H,3-8H2,1-2H3,(H2,14,20)(H,15,16,17,18). The summed E-state index contributed by atoms with van der Waals surface area (Å²) in [6, 6.07) is 0.461. The molecule has 0 saturated heterocycles. The Morgan fingerprint density at radius 2 is 2.10 bits per heavy atom. The van der Waals surface area contributed by atoms with E-state index in [2.05, 4.69) is 20.3 Å². The fraction of sp³-hybridized carbons (Fsp3) is 0.692. The van der Waals surface area contributed by atoms with Gasteiger partial charge >= 0.3 is 6.01 Å². The molecule has 3 N–H and O–H groups in total. The number of nitrogens with two attached hydrogens (primary N) is 1. The van der Waals surface area contributed by atoms with Gasteiger partial charge in [0.1, 0.15) is 0 Å². The predicted molar refractivity (Wildman–Crippen MR) is 79.3 cm³/mol. The fourth-order valence-corrected chi connectivity index (χ4v) is 2.55. The molecule has 0 radical (unpaired) electrons. The lowest BCUT2D eigenvalue weighted by molar-refractivity contribution is -0.116. The number of nitrogens with zero attached hydrogens (tertiary/aromatic N) is 4. The van der Waals surface area contributed by atoms with E-state index in [1.807, 2.05) is 11.8 Å². The number of rotatable bonds is 7. The van der Waals surface area contributed by atoms with Crippen LogP contribution in [0.5, 0.6) is 6.01 Å². The number of nitrogens with one attached hydrogen (secondary N) is 1. The Bertz CT molecular complexity index is 490. The first kappa shape index (κ1) is 15.3. The number of methoxy groups -OCH3 is 1. The van der Waals surface area contributed by atoms with Gasteiger partial charge < -0.3 is 20.7 Å². The molecule has 0 aliphatic heterocycles. The number of hydrogen-bond acceptors (Lipinski definition) is 7. The Balaban J connectivity index is 2.32. The number of anilines is 2. The number of carbonyl (C=O) groups excluding carboxylic acids is 1. The summed E-state index contributed by atoms with van der Waals surface area (Å²) >= 11 is 0. The topological polar surface area (TPSA) is 106 Å². The Kier molecular flexibility index (Phi) is 5.13. The normalized spacial score (nSPS) is 15.0. The molecule has 1 aromatic heterocycles. The molecule has 8 heteroatoms. The highest BCUT2D eigenvalue weighted by Gasteiger charge is 2.27. The third-order valence-corrected chi connectivity index (χ3v) is 3.47. The van der Waals surface area contributed by atoms with E-state index >= 15 is 0 Å². The quantitative estimate of drug-likeness (QED) is 0.756. The molecule has 0 unspecified atom stereocenters. The minimum atomic E-state index is -0.397. The second kappa shape index (κ2) is 7.05. The maximum absolute atomic E-state index is 11.4. The largest absolute Gasteiger partial charge is 0.467 e. The van der Waals surface area contributed by atoms with E-state index in [9.17, 15) is 4.79 Å². The minimum absolute atomic E-state index is 0.101. The van der Waals surface area contributed by atoms with Gasteiger partial charge in [0, 0.05) is 12.6 Å². The molecule has 0 spiro atoms. The van der Waals surface area contributed by atoms with Crippen LogP contribution in [0.25, 0.3) is 0 Å². The first-order valence-electron chi connectivity index (χ1n) is 7.23. The highest BCUT2D eigenvalue weighted by atomic mass is 16.5. The third kappa shape index (κ3) is 3.93. The van der Waals surface area contributed by atoms with Crippen LogP contribution in [0.1, 0.15) is 32.6 Å². The van der Waals surface area contributed by atoms with Crippen molar-refractivity contribution in [3.63, 3.8) is 0 Å². The van der Waals surface area contributed by atoms with E-state index in [0.717, 1.165) is 25.7 Å². The summed E-state index contributed by atoms with van der Waals surface area (Å²) in [5, 5.41) is 3.04. The van der Waals surface area contributed by atoms with Crippen LogP contribution in [0.4, 0.5) is 11.9 Å². The number of hydrogen-bond donors (Lipinski definition) is 2. The molecule has 1 saturated carbocycles. The molecule has 1 aliphatic rings. The summed E-state index contributed by atoms with van der Waals surface area (Å²) in [5.74, 6) is 0.474. The number of primary amides is 1. The van der Waals surface area contributed by atoms with E-state index in [-0.39, 0.29) is 18.6 Å². The summed E-state index contributed by atoms with van der Waals surface area (Å²) in [6.07, 6.45) is 4.31. The molecular weight excluding hydrogens is 272 g/mol. The summed E-state index contributed by atoms with van der Waals surface area (Å²) in [6.45, 7) is 2.74. The van der Waals surface area contributed by atoms with E-state index in [1.54, 1.807) is 0 Å². The second-order valence-corrected chi connectivity index (χ2v) is 5.01. The van der Waals surface area contributed by atoms with Gasteiger partial charge in [0.15, 0.2) is 0 Å². The van der Waals surface area contributed by atoms with Crippen LogP contribution in [-0.4, -0.2) is 47.1 Å². The summed E-state index contributed by atoms with van der Waals surface area (Å²) in [4.78, 5) is 26.0. The van der Waals surface area contributed by atoms with Crippen LogP contribution < -0.4 is 20.7 Å². The van der Waals surface area contributed by atoms with E-state index in [0.29, 0.717) is 18.4 Å². The molecule has 1 fully saturated rings. The van der Waals surface area contributed by atoms with Crippen LogP contribution in [0.2, 0.25) is 0 Å². The molecule has 1 heterocycles. The lowest BCUT2D eigenvalue weighted by Gasteiger charge is -2.27. The van der Waals surface area contributed by atoms with Gasteiger partial charge in [-0.2, -0.15) is 15.0 Å². The number of aromatic nitrogens is 3. The number of ether oxygens (including phenoxy) is 1. The molecule has 0 atom stereocenters. The van der Waals surface area contributed by atoms with Crippen LogP contribution >= 0.6 is 0 Å². The first-order valence-corrected chi connectivity index (χ1v) is 7.23. The van der Waals surface area contributed by atoms with Gasteiger partial charge in [0.05, 0.1) is 13.7 Å². The molecule has 8 nitrogen and oxygen atoms in total. The Hall–Kier alpha value is -2.12. The minimum Gasteiger partial charge on any atom is -0.467 e. The number of amides is 1. The van der Waals surface area contributed by atoms with Crippen molar-refractivity contribution in [3.8, 4) is 6.01 Å². The maximum atomic E-state index is 11.4. The molecule has 0 aromatic carbocycles. The van der Waals surface area contributed by atoms with Crippen molar-refractivity contribution in [2.45, 2.75) is 38.6 Å². The lowest BCUT2D eigenvalue weighted by atomic mass is 10.2. The van der Waals surface area contributed by atoms with Crippen LogP contribution in [-0.2, 0) is 4.79 Å². The van der Waals surface area contributed by atoms with E-state index in [4.69, 9.17) is 10.5 Å². The van der Waals surface area contributed by atoms with Gasteiger partial charge in [-0.25, -0.2) is 0 Å². The SMILES string of the molecule is CCNc1nc(OC)nc(N(CC(N)=O)C2CCCC2)n1. The number of carbonyl (C=O) groups is 1. The Morgan fingerprint density at radius 1 is 1.38 bits per heavy atom. The van der Waals surface area contributed by atoms with Gasteiger partial charge in [-0.1, -0.05) is 12.8 Å². The van der Waals surface area contributed by atoms with Crippen molar-refractivity contribution in [3.05, 3.63) is 0 Å². The molecule has 116 valence electrons. The van der Waals surface area contributed by atoms with Crippen molar-refractivity contribution in [1.29, 1.82) is 0 Å². The predicted octanol–water partition coefficient (Wildman–Crippen LogP) is 0.546. The zero-order chi connectivity index (χ0) is 15.2. The average Bonchev–Trinajstić information content (AvgIpc) is 2.98. The third-order valence-electron chi connectivity index (χ3n) is 3.47. The van der Waals surface area contributed by atoms with Crippen LogP contribution in [0.15, 0.2) is 0 Å². The molecule has 1 amide bonds. The summed E-state index contributed by atoms with van der Waals surface area (Å²) in [5.41, 5.74) is 5.37. The van der Waals surface area contributed by atoms with Crippen molar-refractivity contribution in [2.24, 2.45) is 5.73 Å².